The van der Waals surface area contributed by atoms with E-state index in [1.807, 2.05) is 28.8 Å². The molecule has 0 radical (unpaired) electrons. The van der Waals surface area contributed by atoms with Gasteiger partial charge in [-0.2, -0.15) is 0 Å². The van der Waals surface area contributed by atoms with E-state index in [4.69, 9.17) is 9.84 Å². The lowest BCUT2D eigenvalue weighted by atomic mass is 10.2. The molecule has 1 saturated heterocycles. The van der Waals surface area contributed by atoms with Gasteiger partial charge in [-0.15, -0.1) is 10.2 Å². The van der Waals surface area contributed by atoms with Crippen LogP contribution in [0.25, 0.3) is 5.65 Å². The molecule has 0 aliphatic carbocycles. The highest BCUT2D eigenvalue weighted by Crippen LogP contribution is 2.26. The molecule has 0 amide bonds. The molecular formula is C12H13N3O3S. The van der Waals surface area contributed by atoms with Crippen LogP contribution in [-0.2, 0) is 9.53 Å². The summed E-state index contributed by atoms with van der Waals surface area (Å²) in [6.07, 6.45) is 2.60. The van der Waals surface area contributed by atoms with Gasteiger partial charge in [0.15, 0.2) is 16.9 Å². The number of carboxylic acids is 1. The normalized spacial score (nSPS) is 22.9. The van der Waals surface area contributed by atoms with Gasteiger partial charge in [-0.25, -0.2) is 4.79 Å². The second-order valence-corrected chi connectivity index (χ2v) is 5.37. The Kier molecular flexibility index (Phi) is 3.39. The number of aliphatic carboxylic acids is 1. The second-order valence-electron chi connectivity index (χ2n) is 4.38. The van der Waals surface area contributed by atoms with Gasteiger partial charge in [0.05, 0.1) is 6.10 Å². The SMILES string of the molecule is O=C(O)C1CCC(CSc2nnc3ccccn23)O1. The number of nitrogens with zero attached hydrogens (tertiary/aromatic N) is 3. The third-order valence-corrected chi connectivity index (χ3v) is 4.14. The van der Waals surface area contributed by atoms with Gasteiger partial charge >= 0.3 is 5.97 Å². The summed E-state index contributed by atoms with van der Waals surface area (Å²) in [5, 5.41) is 17.8. The number of fused-ring (bicyclic) bond motifs is 1. The van der Waals surface area contributed by atoms with Gasteiger partial charge in [-0.3, -0.25) is 4.40 Å². The van der Waals surface area contributed by atoms with Crippen molar-refractivity contribution in [3.05, 3.63) is 24.4 Å². The van der Waals surface area contributed by atoms with Crippen LogP contribution in [0, 0.1) is 0 Å². The predicted octanol–water partition coefficient (Wildman–Crippen LogP) is 1.45. The highest BCUT2D eigenvalue weighted by molar-refractivity contribution is 7.99. The van der Waals surface area contributed by atoms with Crippen molar-refractivity contribution in [1.82, 2.24) is 14.6 Å². The van der Waals surface area contributed by atoms with E-state index in [-0.39, 0.29) is 6.10 Å². The van der Waals surface area contributed by atoms with Crippen molar-refractivity contribution in [3.8, 4) is 0 Å². The number of hydrogen-bond donors (Lipinski definition) is 1. The summed E-state index contributed by atoms with van der Waals surface area (Å²) in [5.74, 6) is -0.181. The molecule has 2 unspecified atom stereocenters. The molecule has 2 aromatic rings. The van der Waals surface area contributed by atoms with Crippen molar-refractivity contribution in [2.75, 3.05) is 5.75 Å². The maximum atomic E-state index is 10.8. The second kappa shape index (κ2) is 5.18. The molecule has 1 aliphatic heterocycles. The van der Waals surface area contributed by atoms with Crippen LogP contribution in [0.5, 0.6) is 0 Å². The third-order valence-electron chi connectivity index (χ3n) is 3.06. The standard InChI is InChI=1S/C12H13N3O3S/c16-11(17)9-5-4-8(18-9)7-19-12-14-13-10-3-1-2-6-15(10)12/h1-3,6,8-9H,4-5,7H2,(H,16,17). The molecule has 1 aliphatic rings. The van der Waals surface area contributed by atoms with Crippen LogP contribution >= 0.6 is 11.8 Å². The fraction of sp³-hybridized carbons (Fsp3) is 0.417. The topological polar surface area (TPSA) is 76.7 Å². The molecule has 2 aromatic heterocycles. The number of ether oxygens (including phenoxy) is 1. The van der Waals surface area contributed by atoms with Crippen LogP contribution in [0.3, 0.4) is 0 Å². The molecule has 1 fully saturated rings. The molecule has 3 rings (SSSR count). The van der Waals surface area contributed by atoms with Gasteiger partial charge in [0.2, 0.25) is 0 Å². The summed E-state index contributed by atoms with van der Waals surface area (Å²) in [6, 6.07) is 5.73. The van der Waals surface area contributed by atoms with E-state index in [1.54, 1.807) is 0 Å². The molecule has 7 heteroatoms. The maximum Gasteiger partial charge on any atom is 0.332 e. The van der Waals surface area contributed by atoms with Crippen molar-refractivity contribution < 1.29 is 14.6 Å². The Morgan fingerprint density at radius 2 is 2.37 bits per heavy atom. The van der Waals surface area contributed by atoms with E-state index in [2.05, 4.69) is 10.2 Å². The van der Waals surface area contributed by atoms with Crippen molar-refractivity contribution in [2.24, 2.45) is 0 Å². The molecule has 3 heterocycles. The van der Waals surface area contributed by atoms with Gasteiger partial charge in [0.1, 0.15) is 0 Å². The Labute approximate surface area is 113 Å². The van der Waals surface area contributed by atoms with Gasteiger partial charge in [-0.1, -0.05) is 17.8 Å². The number of hydrogen-bond acceptors (Lipinski definition) is 5. The Morgan fingerprint density at radius 1 is 1.47 bits per heavy atom. The van der Waals surface area contributed by atoms with Crippen molar-refractivity contribution >= 4 is 23.4 Å². The number of aromatic nitrogens is 3. The van der Waals surface area contributed by atoms with Gasteiger partial charge in [0, 0.05) is 11.9 Å². The van der Waals surface area contributed by atoms with E-state index >= 15 is 0 Å². The van der Waals surface area contributed by atoms with Gasteiger partial charge in [-0.05, 0) is 25.0 Å². The van der Waals surface area contributed by atoms with Crippen LogP contribution in [-0.4, -0.2) is 43.6 Å². The van der Waals surface area contributed by atoms with Crippen LogP contribution in [0.2, 0.25) is 0 Å². The van der Waals surface area contributed by atoms with E-state index in [0.29, 0.717) is 12.2 Å². The molecular weight excluding hydrogens is 266 g/mol. The van der Waals surface area contributed by atoms with Crippen molar-refractivity contribution in [3.63, 3.8) is 0 Å². The first-order valence-electron chi connectivity index (χ1n) is 6.05. The van der Waals surface area contributed by atoms with E-state index in [9.17, 15) is 4.79 Å². The predicted molar refractivity (Wildman–Crippen MR) is 69.2 cm³/mol. The van der Waals surface area contributed by atoms with Gasteiger partial charge in [0.25, 0.3) is 0 Å². The fourth-order valence-electron chi connectivity index (χ4n) is 2.10. The highest BCUT2D eigenvalue weighted by Gasteiger charge is 2.30. The average molecular weight is 279 g/mol. The Balaban J connectivity index is 1.62. The molecule has 0 bridgehead atoms. The van der Waals surface area contributed by atoms with E-state index in [1.165, 1.54) is 11.8 Å². The minimum Gasteiger partial charge on any atom is -0.479 e. The first-order chi connectivity index (χ1) is 9.24. The monoisotopic (exact) mass is 279 g/mol. The lowest BCUT2D eigenvalue weighted by Gasteiger charge is -2.09. The first kappa shape index (κ1) is 12.4. The third kappa shape index (κ3) is 2.57. The quantitative estimate of drug-likeness (QED) is 0.854. The largest absolute Gasteiger partial charge is 0.479 e. The molecule has 19 heavy (non-hydrogen) atoms. The Bertz CT molecular complexity index is 601. The van der Waals surface area contributed by atoms with Crippen molar-refractivity contribution in [1.29, 1.82) is 0 Å². The van der Waals surface area contributed by atoms with Gasteiger partial charge < -0.3 is 9.84 Å². The number of pyridine rings is 1. The smallest absolute Gasteiger partial charge is 0.332 e. The maximum absolute atomic E-state index is 10.8. The fourth-order valence-corrected chi connectivity index (χ4v) is 3.07. The van der Waals surface area contributed by atoms with Crippen LogP contribution in [0.1, 0.15) is 12.8 Å². The zero-order valence-corrected chi connectivity index (χ0v) is 10.9. The summed E-state index contributed by atoms with van der Waals surface area (Å²) >= 11 is 1.54. The molecule has 0 aromatic carbocycles. The number of rotatable bonds is 4. The van der Waals surface area contributed by atoms with E-state index < -0.39 is 12.1 Å². The minimum absolute atomic E-state index is 0.0258. The highest BCUT2D eigenvalue weighted by atomic mass is 32.2. The number of carboxylic acid groups (broad SMARTS) is 1. The summed E-state index contributed by atoms with van der Waals surface area (Å²) < 4.78 is 7.37. The molecule has 6 nitrogen and oxygen atoms in total. The van der Waals surface area contributed by atoms with Crippen molar-refractivity contribution in [2.45, 2.75) is 30.2 Å². The Hall–Kier alpha value is -1.60. The molecule has 2 atom stereocenters. The zero-order chi connectivity index (χ0) is 13.2. The zero-order valence-electron chi connectivity index (χ0n) is 10.1. The molecule has 1 N–H and O–H groups in total. The average Bonchev–Trinajstić information content (AvgIpc) is 3.03. The number of thioether (sulfide) groups is 1. The van der Waals surface area contributed by atoms with E-state index in [0.717, 1.165) is 17.2 Å². The summed E-state index contributed by atoms with van der Waals surface area (Å²) in [5.41, 5.74) is 0.806. The Morgan fingerprint density at radius 3 is 3.16 bits per heavy atom. The van der Waals surface area contributed by atoms with Crippen LogP contribution in [0.15, 0.2) is 29.6 Å². The minimum atomic E-state index is -0.875. The molecule has 0 spiro atoms. The lowest BCUT2D eigenvalue weighted by molar-refractivity contribution is -0.148. The number of carbonyl (C=O) groups is 1. The van der Waals surface area contributed by atoms with Crippen LogP contribution < -0.4 is 0 Å². The summed E-state index contributed by atoms with van der Waals surface area (Å²) in [7, 11) is 0. The lowest BCUT2D eigenvalue weighted by Crippen LogP contribution is -2.21. The first-order valence-corrected chi connectivity index (χ1v) is 7.03. The summed E-state index contributed by atoms with van der Waals surface area (Å²) in [4.78, 5) is 10.8. The molecule has 100 valence electrons. The summed E-state index contributed by atoms with van der Waals surface area (Å²) in [6.45, 7) is 0. The molecule has 0 saturated carbocycles. The van der Waals surface area contributed by atoms with Crippen LogP contribution in [0.4, 0.5) is 0 Å².